The molecule has 6 heteroatoms. The van der Waals surface area contributed by atoms with E-state index >= 15 is 0 Å². The quantitative estimate of drug-likeness (QED) is 0.761. The van der Waals surface area contributed by atoms with Gasteiger partial charge in [-0.1, -0.05) is 11.6 Å². The van der Waals surface area contributed by atoms with Crippen LogP contribution in [0.15, 0.2) is 39.5 Å². The molecule has 134 valence electrons. The number of fused-ring (bicyclic) bond motifs is 1. The third-order valence-electron chi connectivity index (χ3n) is 4.86. The molecule has 0 saturated carbocycles. The summed E-state index contributed by atoms with van der Waals surface area (Å²) in [4.78, 5) is 22.4. The highest BCUT2D eigenvalue weighted by atomic mass is 35.5. The summed E-state index contributed by atoms with van der Waals surface area (Å²) in [5.74, 6) is 2.48. The van der Waals surface area contributed by atoms with Crippen LogP contribution < -0.4 is 5.56 Å². The molecular weight excluding hydrogens is 350 g/mol. The molecule has 0 spiro atoms. The van der Waals surface area contributed by atoms with E-state index in [9.17, 15) is 4.79 Å². The van der Waals surface area contributed by atoms with E-state index in [4.69, 9.17) is 16.0 Å². The third kappa shape index (κ3) is 3.32. The Kier molecular flexibility index (Phi) is 4.42. The molecule has 1 aliphatic rings. The van der Waals surface area contributed by atoms with E-state index in [1.54, 1.807) is 12.1 Å². The van der Waals surface area contributed by atoms with Crippen LogP contribution >= 0.6 is 11.6 Å². The molecule has 0 aliphatic carbocycles. The Labute approximate surface area is 156 Å². The monoisotopic (exact) mass is 369 g/mol. The molecule has 1 aromatic carbocycles. The molecule has 0 unspecified atom stereocenters. The summed E-state index contributed by atoms with van der Waals surface area (Å²) in [7, 11) is 0. The van der Waals surface area contributed by atoms with Crippen LogP contribution in [0.5, 0.6) is 0 Å². The summed E-state index contributed by atoms with van der Waals surface area (Å²) in [6.07, 6.45) is 0.749. The summed E-state index contributed by atoms with van der Waals surface area (Å²) < 4.78 is 5.77. The highest BCUT2D eigenvalue weighted by molar-refractivity contribution is 6.30. The van der Waals surface area contributed by atoms with Gasteiger partial charge in [0.25, 0.3) is 5.56 Å². The number of rotatable bonds is 3. The second kappa shape index (κ2) is 6.74. The Morgan fingerprint density at radius 2 is 2.04 bits per heavy atom. The van der Waals surface area contributed by atoms with Crippen molar-refractivity contribution >= 4 is 11.6 Å². The van der Waals surface area contributed by atoms with Gasteiger partial charge in [-0.3, -0.25) is 9.69 Å². The summed E-state index contributed by atoms with van der Waals surface area (Å²) in [6, 6.07) is 9.39. The number of nitrogens with one attached hydrogen (secondary N) is 1. The van der Waals surface area contributed by atoms with Crippen LogP contribution in [0.1, 0.15) is 28.3 Å². The topological polar surface area (TPSA) is 62.1 Å². The van der Waals surface area contributed by atoms with E-state index in [-0.39, 0.29) is 5.56 Å². The summed E-state index contributed by atoms with van der Waals surface area (Å²) >= 11 is 5.93. The first-order chi connectivity index (χ1) is 12.5. The fraction of sp³-hybridized carbons (Fsp3) is 0.300. The lowest BCUT2D eigenvalue weighted by atomic mass is 10.1. The normalized spacial score (nSPS) is 14.4. The average Bonchev–Trinajstić information content (AvgIpc) is 2.93. The van der Waals surface area contributed by atoms with E-state index in [2.05, 4.69) is 20.9 Å². The Morgan fingerprint density at radius 1 is 1.27 bits per heavy atom. The van der Waals surface area contributed by atoms with Gasteiger partial charge in [0.05, 0.1) is 17.8 Å². The minimum Gasteiger partial charge on any atom is -0.465 e. The van der Waals surface area contributed by atoms with Gasteiger partial charge in [0.1, 0.15) is 17.3 Å². The number of aryl methyl sites for hydroxylation is 2. The largest absolute Gasteiger partial charge is 0.465 e. The number of aromatic amines is 1. The zero-order valence-corrected chi connectivity index (χ0v) is 15.6. The molecular formula is C20H20ClN3O2. The van der Waals surface area contributed by atoms with Crippen molar-refractivity contribution in [3.8, 4) is 11.4 Å². The maximum atomic E-state index is 12.6. The summed E-state index contributed by atoms with van der Waals surface area (Å²) in [5, 5.41) is 0.660. The number of aromatic nitrogens is 2. The van der Waals surface area contributed by atoms with Crippen LogP contribution in [0.4, 0.5) is 0 Å². The minimum atomic E-state index is -0.0727. The molecule has 5 nitrogen and oxygen atoms in total. The van der Waals surface area contributed by atoms with Crippen molar-refractivity contribution in [2.45, 2.75) is 33.4 Å². The van der Waals surface area contributed by atoms with E-state index in [1.807, 2.05) is 26.0 Å². The number of hydrogen-bond donors (Lipinski definition) is 1. The van der Waals surface area contributed by atoms with Crippen molar-refractivity contribution in [1.29, 1.82) is 0 Å². The molecule has 26 heavy (non-hydrogen) atoms. The van der Waals surface area contributed by atoms with Crippen molar-refractivity contribution in [3.05, 3.63) is 74.0 Å². The Morgan fingerprint density at radius 3 is 2.73 bits per heavy atom. The molecule has 0 radical (unpaired) electrons. The minimum absolute atomic E-state index is 0.0727. The zero-order valence-electron chi connectivity index (χ0n) is 14.8. The number of halogens is 1. The smallest absolute Gasteiger partial charge is 0.255 e. The van der Waals surface area contributed by atoms with Gasteiger partial charge in [-0.25, -0.2) is 4.98 Å². The van der Waals surface area contributed by atoms with Crippen LogP contribution in [-0.4, -0.2) is 21.4 Å². The zero-order chi connectivity index (χ0) is 18.3. The second-order valence-corrected chi connectivity index (χ2v) is 7.20. The van der Waals surface area contributed by atoms with E-state index in [1.165, 1.54) is 0 Å². The van der Waals surface area contributed by atoms with Gasteiger partial charge in [0.2, 0.25) is 0 Å². The van der Waals surface area contributed by atoms with Crippen LogP contribution in [0.25, 0.3) is 11.4 Å². The van der Waals surface area contributed by atoms with Gasteiger partial charge in [-0.05, 0) is 49.7 Å². The first-order valence-electron chi connectivity index (χ1n) is 8.66. The summed E-state index contributed by atoms with van der Waals surface area (Å²) in [5.41, 5.74) is 3.56. The molecule has 3 heterocycles. The van der Waals surface area contributed by atoms with E-state index in [0.717, 1.165) is 46.9 Å². The molecule has 0 amide bonds. The Hall–Kier alpha value is -2.37. The average molecular weight is 370 g/mol. The van der Waals surface area contributed by atoms with Crippen LogP contribution in [0, 0.1) is 13.8 Å². The SMILES string of the molecule is Cc1cc(CN2CCc3nc(-c4ccc(Cl)cc4)[nH]c(=O)c3C2)oc1C. The lowest BCUT2D eigenvalue weighted by Crippen LogP contribution is -2.35. The Balaban J connectivity index is 1.58. The number of nitrogens with zero attached hydrogens (tertiary/aromatic N) is 2. The van der Waals surface area contributed by atoms with Crippen molar-refractivity contribution in [3.63, 3.8) is 0 Å². The fourth-order valence-electron chi connectivity index (χ4n) is 3.31. The van der Waals surface area contributed by atoms with Gasteiger partial charge in [0, 0.05) is 30.1 Å². The molecule has 4 rings (SSSR count). The molecule has 2 aromatic heterocycles. The predicted octanol–water partition coefficient (Wildman–Crippen LogP) is 3.86. The van der Waals surface area contributed by atoms with Crippen molar-refractivity contribution < 1.29 is 4.42 Å². The van der Waals surface area contributed by atoms with E-state index in [0.29, 0.717) is 23.9 Å². The fourth-order valence-corrected chi connectivity index (χ4v) is 3.43. The molecule has 0 atom stereocenters. The molecule has 0 saturated heterocycles. The molecule has 1 N–H and O–H groups in total. The number of furan rings is 1. The van der Waals surface area contributed by atoms with E-state index < -0.39 is 0 Å². The molecule has 1 aliphatic heterocycles. The molecule has 3 aromatic rings. The maximum absolute atomic E-state index is 12.6. The molecule has 0 bridgehead atoms. The summed E-state index contributed by atoms with van der Waals surface area (Å²) in [6.45, 7) is 6.14. The van der Waals surface area contributed by atoms with Gasteiger partial charge in [-0.2, -0.15) is 0 Å². The standard InChI is InChI=1S/C20H20ClN3O2/c1-12-9-16(26-13(12)2)10-24-8-7-18-17(11-24)20(25)23-19(22-18)14-3-5-15(21)6-4-14/h3-6,9H,7-8,10-11H2,1-2H3,(H,22,23,25). The number of H-pyrrole nitrogens is 1. The second-order valence-electron chi connectivity index (χ2n) is 6.76. The van der Waals surface area contributed by atoms with Gasteiger partial charge in [-0.15, -0.1) is 0 Å². The number of hydrogen-bond acceptors (Lipinski definition) is 4. The molecule has 0 fully saturated rings. The first kappa shape index (κ1) is 17.1. The highest BCUT2D eigenvalue weighted by Gasteiger charge is 2.22. The number of benzene rings is 1. The van der Waals surface area contributed by atoms with Crippen LogP contribution in [0.3, 0.4) is 0 Å². The van der Waals surface area contributed by atoms with Crippen molar-refractivity contribution in [1.82, 2.24) is 14.9 Å². The third-order valence-corrected chi connectivity index (χ3v) is 5.11. The van der Waals surface area contributed by atoms with Gasteiger partial charge < -0.3 is 9.40 Å². The van der Waals surface area contributed by atoms with Crippen LogP contribution in [0.2, 0.25) is 5.02 Å². The lowest BCUT2D eigenvalue weighted by molar-refractivity contribution is 0.221. The predicted molar refractivity (Wildman–Crippen MR) is 101 cm³/mol. The highest BCUT2D eigenvalue weighted by Crippen LogP contribution is 2.22. The van der Waals surface area contributed by atoms with Crippen LogP contribution in [-0.2, 0) is 19.5 Å². The Bertz CT molecular complexity index is 985. The van der Waals surface area contributed by atoms with Crippen molar-refractivity contribution in [2.75, 3.05) is 6.54 Å². The lowest BCUT2D eigenvalue weighted by Gasteiger charge is -2.26. The van der Waals surface area contributed by atoms with Gasteiger partial charge >= 0.3 is 0 Å². The van der Waals surface area contributed by atoms with Crippen molar-refractivity contribution in [2.24, 2.45) is 0 Å². The maximum Gasteiger partial charge on any atom is 0.255 e. The first-order valence-corrected chi connectivity index (χ1v) is 9.03. The van der Waals surface area contributed by atoms with Gasteiger partial charge in [0.15, 0.2) is 0 Å².